The van der Waals surface area contributed by atoms with Crippen molar-refractivity contribution in [3.8, 4) is 0 Å². The number of esters is 1. The van der Waals surface area contributed by atoms with Gasteiger partial charge in [0, 0.05) is 12.3 Å². The predicted molar refractivity (Wildman–Crippen MR) is 57.8 cm³/mol. The fourth-order valence-electron chi connectivity index (χ4n) is 1.04. The van der Waals surface area contributed by atoms with Crippen LogP contribution in [0.1, 0.15) is 33.6 Å². The summed E-state index contributed by atoms with van der Waals surface area (Å²) in [5.74, 6) is -0.428. The Bertz CT molecular complexity index is 200. The van der Waals surface area contributed by atoms with Gasteiger partial charge in [0.25, 0.3) is 0 Å². The highest BCUT2D eigenvalue weighted by Crippen LogP contribution is 2.11. The summed E-state index contributed by atoms with van der Waals surface area (Å²) in [5.41, 5.74) is -0.554. The number of halogens is 1. The second kappa shape index (κ2) is 6.30. The van der Waals surface area contributed by atoms with Crippen LogP contribution in [0.15, 0.2) is 0 Å². The highest BCUT2D eigenvalue weighted by atomic mass is 35.5. The first-order valence-electron chi connectivity index (χ1n) is 4.88. The first kappa shape index (κ1) is 14.7. The van der Waals surface area contributed by atoms with Crippen LogP contribution in [0.2, 0.25) is 0 Å². The minimum absolute atomic E-state index is 0.0470. The number of rotatable bonds is 5. The van der Waals surface area contributed by atoms with Gasteiger partial charge >= 0.3 is 5.97 Å². The number of aliphatic hydroxyl groups is 2. The molecule has 4 nitrogen and oxygen atoms in total. The van der Waals surface area contributed by atoms with E-state index >= 15 is 0 Å². The van der Waals surface area contributed by atoms with Crippen molar-refractivity contribution in [2.45, 2.75) is 51.4 Å². The Labute approximate surface area is 95.2 Å². The maximum absolute atomic E-state index is 11.2. The van der Waals surface area contributed by atoms with Crippen molar-refractivity contribution in [1.29, 1.82) is 0 Å². The third-order valence-corrected chi connectivity index (χ3v) is 1.90. The second-order valence-electron chi connectivity index (χ2n) is 4.49. The molecule has 0 fully saturated rings. The molecule has 0 aromatic rings. The van der Waals surface area contributed by atoms with Crippen molar-refractivity contribution in [2.75, 3.05) is 5.88 Å². The summed E-state index contributed by atoms with van der Waals surface area (Å²) in [4.78, 5) is 11.2. The van der Waals surface area contributed by atoms with E-state index in [1.807, 2.05) is 0 Å². The van der Waals surface area contributed by atoms with E-state index in [2.05, 4.69) is 0 Å². The molecule has 1 unspecified atom stereocenters. The van der Waals surface area contributed by atoms with E-state index < -0.39 is 23.8 Å². The van der Waals surface area contributed by atoms with Crippen molar-refractivity contribution in [3.63, 3.8) is 0 Å². The summed E-state index contributed by atoms with van der Waals surface area (Å²) < 4.78 is 5.01. The Morgan fingerprint density at radius 3 is 2.27 bits per heavy atom. The fourth-order valence-corrected chi connectivity index (χ4v) is 1.16. The minimum Gasteiger partial charge on any atom is -0.460 e. The lowest BCUT2D eigenvalue weighted by Gasteiger charge is -2.21. The van der Waals surface area contributed by atoms with E-state index in [9.17, 15) is 9.90 Å². The van der Waals surface area contributed by atoms with Crippen LogP contribution in [-0.4, -0.2) is 39.9 Å². The van der Waals surface area contributed by atoms with Crippen LogP contribution in [0, 0.1) is 0 Å². The third kappa shape index (κ3) is 8.66. The van der Waals surface area contributed by atoms with Crippen LogP contribution in [-0.2, 0) is 9.53 Å². The number of aliphatic hydroxyl groups excluding tert-OH is 2. The Balaban J connectivity index is 3.87. The minimum atomic E-state index is -0.909. The molecular formula is C10H19ClO4. The van der Waals surface area contributed by atoms with Gasteiger partial charge in [-0.2, -0.15) is 0 Å². The number of carbonyl (C=O) groups is 1. The molecule has 0 bridgehead atoms. The van der Waals surface area contributed by atoms with E-state index in [1.165, 1.54) is 0 Å². The second-order valence-corrected chi connectivity index (χ2v) is 4.80. The molecule has 0 amide bonds. The smallest absolute Gasteiger partial charge is 0.308 e. The molecule has 0 saturated carbocycles. The summed E-state index contributed by atoms with van der Waals surface area (Å²) in [6.45, 7) is 5.26. The van der Waals surface area contributed by atoms with Crippen LogP contribution in [0.25, 0.3) is 0 Å². The van der Waals surface area contributed by atoms with Crippen molar-refractivity contribution in [3.05, 3.63) is 0 Å². The molecule has 0 heterocycles. The highest BCUT2D eigenvalue weighted by Gasteiger charge is 2.20. The average molecular weight is 239 g/mol. The number of hydrogen-bond donors (Lipinski definition) is 2. The molecule has 0 radical (unpaired) electrons. The lowest BCUT2D eigenvalue weighted by atomic mass is 10.1. The zero-order chi connectivity index (χ0) is 12.1. The van der Waals surface area contributed by atoms with E-state index in [1.54, 1.807) is 20.8 Å². The molecule has 0 aliphatic carbocycles. The van der Waals surface area contributed by atoms with Gasteiger partial charge in [-0.3, -0.25) is 4.79 Å². The summed E-state index contributed by atoms with van der Waals surface area (Å²) in [6, 6.07) is 0. The van der Waals surface area contributed by atoms with Gasteiger partial charge in [-0.1, -0.05) is 0 Å². The topological polar surface area (TPSA) is 66.8 Å². The number of ether oxygens (including phenoxy) is 1. The Morgan fingerprint density at radius 2 is 1.87 bits per heavy atom. The van der Waals surface area contributed by atoms with Gasteiger partial charge in [-0.15, -0.1) is 11.6 Å². The molecule has 0 aromatic carbocycles. The Hall–Kier alpha value is -0.320. The average Bonchev–Trinajstić information content (AvgIpc) is 1.99. The van der Waals surface area contributed by atoms with Crippen LogP contribution >= 0.6 is 11.6 Å². The van der Waals surface area contributed by atoms with Gasteiger partial charge in [0.2, 0.25) is 0 Å². The molecule has 0 aromatic heterocycles. The van der Waals surface area contributed by atoms with E-state index in [0.717, 1.165) is 0 Å². The molecule has 0 spiro atoms. The van der Waals surface area contributed by atoms with Crippen LogP contribution in [0.4, 0.5) is 0 Å². The normalized spacial score (nSPS) is 15.9. The van der Waals surface area contributed by atoms with Crippen LogP contribution in [0.5, 0.6) is 0 Å². The third-order valence-electron chi connectivity index (χ3n) is 1.54. The number of carbonyl (C=O) groups excluding carboxylic acids is 1. The quantitative estimate of drug-likeness (QED) is 0.556. The van der Waals surface area contributed by atoms with Crippen molar-refractivity contribution < 1.29 is 19.7 Å². The molecule has 0 aliphatic heterocycles. The van der Waals surface area contributed by atoms with Gasteiger partial charge in [-0.05, 0) is 20.8 Å². The molecule has 90 valence electrons. The standard InChI is InChI=1S/C10H19ClO4/c1-10(2,3)15-9(14)5-7(12)4-8(13)6-11/h7-8,12-13H,4-6H2,1-3H3/t7-,8?/m1/s1. The van der Waals surface area contributed by atoms with Crippen molar-refractivity contribution in [2.24, 2.45) is 0 Å². The summed E-state index contributed by atoms with van der Waals surface area (Å²) in [6.07, 6.45) is -1.73. The van der Waals surface area contributed by atoms with Crippen molar-refractivity contribution >= 4 is 17.6 Å². The lowest BCUT2D eigenvalue weighted by Crippen LogP contribution is -2.28. The Morgan fingerprint density at radius 1 is 1.33 bits per heavy atom. The molecule has 0 rings (SSSR count). The first-order valence-corrected chi connectivity index (χ1v) is 5.42. The zero-order valence-electron chi connectivity index (χ0n) is 9.36. The molecular weight excluding hydrogens is 220 g/mol. The maximum atomic E-state index is 11.2. The molecule has 15 heavy (non-hydrogen) atoms. The zero-order valence-corrected chi connectivity index (χ0v) is 10.1. The van der Waals surface area contributed by atoms with Gasteiger partial charge in [0.05, 0.1) is 18.6 Å². The Kier molecular flexibility index (Phi) is 6.17. The first-order chi connectivity index (χ1) is 6.74. The van der Waals surface area contributed by atoms with Gasteiger partial charge in [0.15, 0.2) is 0 Å². The largest absolute Gasteiger partial charge is 0.460 e. The molecule has 0 saturated heterocycles. The molecule has 5 heteroatoms. The SMILES string of the molecule is CC(C)(C)OC(=O)C[C@H](O)CC(O)CCl. The summed E-state index contributed by atoms with van der Waals surface area (Å²) >= 11 is 5.36. The number of hydrogen-bond acceptors (Lipinski definition) is 4. The lowest BCUT2D eigenvalue weighted by molar-refractivity contribution is -0.157. The van der Waals surface area contributed by atoms with Gasteiger partial charge < -0.3 is 14.9 Å². The summed E-state index contributed by atoms with van der Waals surface area (Å²) in [7, 11) is 0. The molecule has 2 atom stereocenters. The predicted octanol–water partition coefficient (Wildman–Crippen LogP) is 1.07. The van der Waals surface area contributed by atoms with Crippen LogP contribution < -0.4 is 0 Å². The fraction of sp³-hybridized carbons (Fsp3) is 0.900. The van der Waals surface area contributed by atoms with Crippen LogP contribution in [0.3, 0.4) is 0 Å². The maximum Gasteiger partial charge on any atom is 0.308 e. The molecule has 2 N–H and O–H groups in total. The monoisotopic (exact) mass is 238 g/mol. The van der Waals surface area contributed by atoms with E-state index in [-0.39, 0.29) is 18.7 Å². The number of alkyl halides is 1. The van der Waals surface area contributed by atoms with E-state index in [4.69, 9.17) is 21.4 Å². The van der Waals surface area contributed by atoms with Crippen molar-refractivity contribution in [1.82, 2.24) is 0 Å². The van der Waals surface area contributed by atoms with E-state index in [0.29, 0.717) is 0 Å². The van der Waals surface area contributed by atoms with Gasteiger partial charge in [-0.25, -0.2) is 0 Å². The molecule has 0 aliphatic rings. The van der Waals surface area contributed by atoms with Gasteiger partial charge in [0.1, 0.15) is 5.60 Å². The summed E-state index contributed by atoms with van der Waals surface area (Å²) in [5, 5.41) is 18.5. The highest BCUT2D eigenvalue weighted by molar-refractivity contribution is 6.18.